The van der Waals surface area contributed by atoms with E-state index in [9.17, 15) is 4.39 Å². The van der Waals surface area contributed by atoms with Crippen LogP contribution >= 0.6 is 0 Å². The van der Waals surface area contributed by atoms with Gasteiger partial charge in [0.25, 0.3) is 0 Å². The van der Waals surface area contributed by atoms with E-state index < -0.39 is 0 Å². The van der Waals surface area contributed by atoms with Gasteiger partial charge in [-0.1, -0.05) is 24.3 Å². The fraction of sp³-hybridized carbons (Fsp3) is 0.0625. The average Bonchev–Trinajstić information content (AvgIpc) is 2.40. The molecule has 18 heavy (non-hydrogen) atoms. The zero-order valence-electron chi connectivity index (χ0n) is 10.0. The maximum Gasteiger partial charge on any atom is 0.123 e. The Bertz CT molecular complexity index is 702. The molecule has 3 aromatic rings. The molecule has 0 aliphatic carbocycles. The van der Waals surface area contributed by atoms with Crippen LogP contribution in [0.1, 0.15) is 5.56 Å². The van der Waals surface area contributed by atoms with Gasteiger partial charge in [-0.3, -0.25) is 0 Å². The van der Waals surface area contributed by atoms with Crippen molar-refractivity contribution < 1.29 is 4.39 Å². The molecule has 2 aromatic carbocycles. The van der Waals surface area contributed by atoms with Crippen LogP contribution < -0.4 is 0 Å². The Kier molecular flexibility index (Phi) is 2.56. The van der Waals surface area contributed by atoms with Crippen LogP contribution in [0, 0.1) is 12.7 Å². The average molecular weight is 237 g/mol. The largest absolute Gasteiger partial charge is 0.248 e. The Labute approximate surface area is 105 Å². The molecule has 2 heteroatoms. The van der Waals surface area contributed by atoms with Gasteiger partial charge in [0, 0.05) is 10.9 Å². The van der Waals surface area contributed by atoms with Crippen molar-refractivity contribution in [1.29, 1.82) is 0 Å². The zero-order chi connectivity index (χ0) is 12.5. The summed E-state index contributed by atoms with van der Waals surface area (Å²) < 4.78 is 12.9. The van der Waals surface area contributed by atoms with Gasteiger partial charge in [-0.25, -0.2) is 9.37 Å². The van der Waals surface area contributed by atoms with E-state index in [1.807, 2.05) is 37.3 Å². The Balaban J connectivity index is 2.18. The molecule has 0 unspecified atom stereocenters. The summed E-state index contributed by atoms with van der Waals surface area (Å²) >= 11 is 0. The maximum atomic E-state index is 12.9. The monoisotopic (exact) mass is 237 g/mol. The van der Waals surface area contributed by atoms with Crippen LogP contribution in [-0.2, 0) is 0 Å². The van der Waals surface area contributed by atoms with E-state index in [1.165, 1.54) is 12.1 Å². The molecule has 1 nitrogen and oxygen atoms in total. The molecule has 0 atom stereocenters. The minimum atomic E-state index is -0.226. The van der Waals surface area contributed by atoms with E-state index in [-0.39, 0.29) is 5.82 Å². The smallest absolute Gasteiger partial charge is 0.123 e. The molecule has 0 saturated carbocycles. The fourth-order valence-electron chi connectivity index (χ4n) is 2.08. The third-order valence-electron chi connectivity index (χ3n) is 3.06. The second-order valence-corrected chi connectivity index (χ2v) is 4.35. The van der Waals surface area contributed by atoms with E-state index in [4.69, 9.17) is 0 Å². The molecule has 0 radical (unpaired) electrons. The first kappa shape index (κ1) is 10.9. The molecule has 88 valence electrons. The van der Waals surface area contributed by atoms with Crippen molar-refractivity contribution >= 4 is 10.9 Å². The van der Waals surface area contributed by atoms with Crippen LogP contribution in [0.25, 0.3) is 22.2 Å². The first-order valence-corrected chi connectivity index (χ1v) is 5.86. The highest BCUT2D eigenvalue weighted by atomic mass is 19.1. The van der Waals surface area contributed by atoms with E-state index in [0.29, 0.717) is 0 Å². The maximum absolute atomic E-state index is 12.9. The Morgan fingerprint density at radius 3 is 2.44 bits per heavy atom. The Hall–Kier alpha value is -2.22. The quantitative estimate of drug-likeness (QED) is 0.613. The summed E-state index contributed by atoms with van der Waals surface area (Å²) in [6.45, 7) is 2.05. The molecule has 0 aliphatic rings. The molecule has 0 bridgehead atoms. The molecule has 0 saturated heterocycles. The van der Waals surface area contributed by atoms with Gasteiger partial charge in [0.1, 0.15) is 5.82 Å². The summed E-state index contributed by atoms with van der Waals surface area (Å²) in [6, 6.07) is 16.6. The van der Waals surface area contributed by atoms with Gasteiger partial charge >= 0.3 is 0 Å². The van der Waals surface area contributed by atoms with Gasteiger partial charge in [0.2, 0.25) is 0 Å². The number of pyridine rings is 1. The number of hydrogen-bond donors (Lipinski definition) is 0. The Morgan fingerprint density at radius 1 is 0.889 bits per heavy atom. The first-order chi connectivity index (χ1) is 8.74. The van der Waals surface area contributed by atoms with Crippen molar-refractivity contribution in [3.05, 3.63) is 66.0 Å². The molecule has 0 amide bonds. The number of halogens is 1. The number of fused-ring (bicyclic) bond motifs is 1. The minimum Gasteiger partial charge on any atom is -0.248 e. The van der Waals surface area contributed by atoms with Gasteiger partial charge in [-0.15, -0.1) is 0 Å². The highest BCUT2D eigenvalue weighted by Crippen LogP contribution is 2.22. The van der Waals surface area contributed by atoms with Gasteiger partial charge in [-0.2, -0.15) is 0 Å². The van der Waals surface area contributed by atoms with Crippen LogP contribution in [0.15, 0.2) is 54.6 Å². The fourth-order valence-corrected chi connectivity index (χ4v) is 2.08. The van der Waals surface area contributed by atoms with Crippen molar-refractivity contribution in [3.8, 4) is 11.3 Å². The van der Waals surface area contributed by atoms with Crippen LogP contribution in [0.3, 0.4) is 0 Å². The van der Waals surface area contributed by atoms with E-state index >= 15 is 0 Å². The molecular formula is C16H12FN. The second-order valence-electron chi connectivity index (χ2n) is 4.35. The minimum absolute atomic E-state index is 0.226. The van der Waals surface area contributed by atoms with Crippen LogP contribution in [0.4, 0.5) is 4.39 Å². The number of aromatic nitrogens is 1. The molecule has 0 N–H and O–H groups in total. The van der Waals surface area contributed by atoms with Crippen molar-refractivity contribution in [2.75, 3.05) is 0 Å². The van der Waals surface area contributed by atoms with Crippen molar-refractivity contribution in [1.82, 2.24) is 4.98 Å². The number of nitrogens with zero attached hydrogens (tertiary/aromatic N) is 1. The lowest BCUT2D eigenvalue weighted by molar-refractivity contribution is 0.628. The van der Waals surface area contributed by atoms with Crippen LogP contribution in [-0.4, -0.2) is 4.98 Å². The highest BCUT2D eigenvalue weighted by molar-refractivity contribution is 5.84. The van der Waals surface area contributed by atoms with E-state index in [1.54, 1.807) is 12.1 Å². The SMILES string of the molecule is Cc1cccc2ccc(-c3ccc(F)cc3)nc12. The summed E-state index contributed by atoms with van der Waals surface area (Å²) in [5, 5.41) is 1.13. The lowest BCUT2D eigenvalue weighted by atomic mass is 10.1. The Morgan fingerprint density at radius 2 is 1.67 bits per heavy atom. The van der Waals surface area contributed by atoms with Gasteiger partial charge in [0.05, 0.1) is 11.2 Å². The van der Waals surface area contributed by atoms with E-state index in [0.717, 1.165) is 27.7 Å². The predicted octanol–water partition coefficient (Wildman–Crippen LogP) is 4.35. The van der Waals surface area contributed by atoms with Gasteiger partial charge < -0.3 is 0 Å². The summed E-state index contributed by atoms with van der Waals surface area (Å²) in [6.07, 6.45) is 0. The summed E-state index contributed by atoms with van der Waals surface area (Å²) in [5.41, 5.74) is 3.95. The molecule has 1 aromatic heterocycles. The number of para-hydroxylation sites is 1. The summed E-state index contributed by atoms with van der Waals surface area (Å²) in [7, 11) is 0. The lowest BCUT2D eigenvalue weighted by Gasteiger charge is -2.05. The van der Waals surface area contributed by atoms with Crippen LogP contribution in [0.5, 0.6) is 0 Å². The predicted molar refractivity (Wildman–Crippen MR) is 71.9 cm³/mol. The number of aryl methyl sites for hydroxylation is 1. The third kappa shape index (κ3) is 1.86. The summed E-state index contributed by atoms with van der Waals surface area (Å²) in [4.78, 5) is 4.65. The number of hydrogen-bond acceptors (Lipinski definition) is 1. The third-order valence-corrected chi connectivity index (χ3v) is 3.06. The van der Waals surface area contributed by atoms with Crippen molar-refractivity contribution in [2.45, 2.75) is 6.92 Å². The van der Waals surface area contributed by atoms with Crippen molar-refractivity contribution in [2.24, 2.45) is 0 Å². The topological polar surface area (TPSA) is 12.9 Å². The molecule has 0 spiro atoms. The van der Waals surface area contributed by atoms with Gasteiger partial charge in [0.15, 0.2) is 0 Å². The number of benzene rings is 2. The second kappa shape index (κ2) is 4.22. The number of rotatable bonds is 1. The lowest BCUT2D eigenvalue weighted by Crippen LogP contribution is -1.87. The van der Waals surface area contributed by atoms with Crippen molar-refractivity contribution in [3.63, 3.8) is 0 Å². The molecule has 0 aliphatic heterocycles. The molecule has 1 heterocycles. The molecule has 3 rings (SSSR count). The standard InChI is InChI=1S/C16H12FN/c1-11-3-2-4-13-7-10-15(18-16(11)13)12-5-8-14(17)9-6-12/h2-10H,1H3. The van der Waals surface area contributed by atoms with Crippen LogP contribution in [0.2, 0.25) is 0 Å². The molecular weight excluding hydrogens is 225 g/mol. The summed E-state index contributed by atoms with van der Waals surface area (Å²) in [5.74, 6) is -0.226. The zero-order valence-corrected chi connectivity index (χ0v) is 10.0. The van der Waals surface area contributed by atoms with Gasteiger partial charge in [-0.05, 0) is 42.8 Å². The first-order valence-electron chi connectivity index (χ1n) is 5.86. The van der Waals surface area contributed by atoms with E-state index in [2.05, 4.69) is 4.98 Å². The highest BCUT2D eigenvalue weighted by Gasteiger charge is 2.03. The molecule has 0 fully saturated rings. The normalized spacial score (nSPS) is 10.8.